The summed E-state index contributed by atoms with van der Waals surface area (Å²) in [4.78, 5) is 3.30. The zero-order valence-corrected chi connectivity index (χ0v) is 13.6. The molecule has 3 aromatic rings. The second-order valence-corrected chi connectivity index (χ2v) is 5.48. The summed E-state index contributed by atoms with van der Waals surface area (Å²) in [6.45, 7) is 1.77. The zero-order chi connectivity index (χ0) is 16.1. The molecule has 2 N–H and O–H groups in total. The topological polar surface area (TPSA) is 46.3 Å². The highest BCUT2D eigenvalue weighted by atomic mass is 16.5. The van der Waals surface area contributed by atoms with Crippen molar-refractivity contribution in [2.45, 2.75) is 13.0 Å². The molecule has 0 amide bonds. The number of hydrogen-bond donors (Lipinski definition) is 2. The van der Waals surface area contributed by atoms with Crippen LogP contribution < -0.4 is 14.8 Å². The summed E-state index contributed by atoms with van der Waals surface area (Å²) in [6.07, 6.45) is 3.02. The molecule has 3 rings (SSSR count). The summed E-state index contributed by atoms with van der Waals surface area (Å²) in [5.74, 6) is 1.55. The van der Waals surface area contributed by atoms with Crippen LogP contribution >= 0.6 is 0 Å². The third-order valence-electron chi connectivity index (χ3n) is 4.03. The zero-order valence-electron chi connectivity index (χ0n) is 13.6. The number of hydrogen-bond acceptors (Lipinski definition) is 3. The van der Waals surface area contributed by atoms with E-state index in [0.29, 0.717) is 0 Å². The summed E-state index contributed by atoms with van der Waals surface area (Å²) in [7, 11) is 3.32. The standard InChI is InChI=1S/C19H22N2O2/c1-22-18-8-7-14(11-19(18)23-2)9-10-20-12-15-13-21-17-6-4-3-5-16(15)17/h3-8,11,13,20-21H,9-10,12H2,1-2H3. The SMILES string of the molecule is COc1ccc(CCNCc2c[nH]c3ccccc23)cc1OC. The summed E-state index contributed by atoms with van der Waals surface area (Å²) < 4.78 is 10.6. The molecule has 120 valence electrons. The van der Waals surface area contributed by atoms with Gasteiger partial charge in [-0.25, -0.2) is 0 Å². The molecule has 1 aromatic heterocycles. The highest BCUT2D eigenvalue weighted by molar-refractivity contribution is 5.82. The maximum absolute atomic E-state index is 5.34. The fourth-order valence-electron chi connectivity index (χ4n) is 2.77. The average molecular weight is 310 g/mol. The molecule has 4 nitrogen and oxygen atoms in total. The number of ether oxygens (including phenoxy) is 2. The minimum atomic E-state index is 0.767. The molecule has 0 bridgehead atoms. The van der Waals surface area contributed by atoms with Gasteiger partial charge in [0.15, 0.2) is 11.5 Å². The molecule has 0 radical (unpaired) electrons. The lowest BCUT2D eigenvalue weighted by molar-refractivity contribution is 0.354. The van der Waals surface area contributed by atoms with Gasteiger partial charge in [-0.05, 0) is 42.3 Å². The lowest BCUT2D eigenvalue weighted by atomic mass is 10.1. The lowest BCUT2D eigenvalue weighted by Gasteiger charge is -2.10. The monoisotopic (exact) mass is 310 g/mol. The van der Waals surface area contributed by atoms with Gasteiger partial charge in [0.25, 0.3) is 0 Å². The molecule has 4 heteroatoms. The Morgan fingerprint density at radius 3 is 2.65 bits per heavy atom. The molecule has 2 aromatic carbocycles. The Morgan fingerprint density at radius 2 is 1.83 bits per heavy atom. The van der Waals surface area contributed by atoms with Gasteiger partial charge in [-0.1, -0.05) is 24.3 Å². The van der Waals surface area contributed by atoms with E-state index in [1.807, 2.05) is 18.2 Å². The van der Waals surface area contributed by atoms with Gasteiger partial charge in [-0.2, -0.15) is 0 Å². The van der Waals surface area contributed by atoms with Crippen LogP contribution in [0.25, 0.3) is 10.9 Å². The number of methoxy groups -OCH3 is 2. The van der Waals surface area contributed by atoms with Gasteiger partial charge in [0, 0.05) is 23.6 Å². The van der Waals surface area contributed by atoms with Crippen LogP contribution in [0.2, 0.25) is 0 Å². The van der Waals surface area contributed by atoms with E-state index in [1.54, 1.807) is 14.2 Å². The van der Waals surface area contributed by atoms with E-state index >= 15 is 0 Å². The number of fused-ring (bicyclic) bond motifs is 1. The van der Waals surface area contributed by atoms with Crippen molar-refractivity contribution in [2.75, 3.05) is 20.8 Å². The molecule has 1 heterocycles. The van der Waals surface area contributed by atoms with Gasteiger partial charge in [-0.15, -0.1) is 0 Å². The molecule has 0 aliphatic rings. The van der Waals surface area contributed by atoms with E-state index in [1.165, 1.54) is 22.0 Å². The van der Waals surface area contributed by atoms with E-state index in [2.05, 4.69) is 40.8 Å². The van der Waals surface area contributed by atoms with Crippen molar-refractivity contribution in [3.05, 3.63) is 59.8 Å². The number of rotatable bonds is 7. The van der Waals surface area contributed by atoms with Crippen LogP contribution in [0.1, 0.15) is 11.1 Å². The molecule has 0 saturated heterocycles. The average Bonchev–Trinajstić information content (AvgIpc) is 3.01. The summed E-state index contributed by atoms with van der Waals surface area (Å²) >= 11 is 0. The first-order chi connectivity index (χ1) is 11.3. The van der Waals surface area contributed by atoms with Crippen molar-refractivity contribution in [3.63, 3.8) is 0 Å². The third-order valence-corrected chi connectivity index (χ3v) is 4.03. The second-order valence-electron chi connectivity index (χ2n) is 5.48. The van der Waals surface area contributed by atoms with Crippen molar-refractivity contribution in [1.29, 1.82) is 0 Å². The smallest absolute Gasteiger partial charge is 0.160 e. The number of H-pyrrole nitrogens is 1. The minimum absolute atomic E-state index is 0.767. The minimum Gasteiger partial charge on any atom is -0.493 e. The van der Waals surface area contributed by atoms with Crippen molar-refractivity contribution >= 4 is 10.9 Å². The van der Waals surface area contributed by atoms with Crippen LogP contribution in [0, 0.1) is 0 Å². The van der Waals surface area contributed by atoms with Gasteiger partial charge in [-0.3, -0.25) is 0 Å². The van der Waals surface area contributed by atoms with Crippen LogP contribution in [0.3, 0.4) is 0 Å². The number of para-hydroxylation sites is 1. The van der Waals surface area contributed by atoms with Gasteiger partial charge < -0.3 is 19.8 Å². The first kappa shape index (κ1) is 15.4. The largest absolute Gasteiger partial charge is 0.493 e. The number of aromatic nitrogens is 1. The highest BCUT2D eigenvalue weighted by Gasteiger charge is 2.05. The van der Waals surface area contributed by atoms with Crippen LogP contribution in [-0.2, 0) is 13.0 Å². The predicted octanol–water partition coefficient (Wildman–Crippen LogP) is 3.52. The van der Waals surface area contributed by atoms with Gasteiger partial charge in [0.05, 0.1) is 14.2 Å². The van der Waals surface area contributed by atoms with Crippen LogP contribution in [0.4, 0.5) is 0 Å². The summed E-state index contributed by atoms with van der Waals surface area (Å²) in [6, 6.07) is 14.4. The first-order valence-corrected chi connectivity index (χ1v) is 7.78. The predicted molar refractivity (Wildman–Crippen MR) is 93.3 cm³/mol. The Hall–Kier alpha value is -2.46. The second kappa shape index (κ2) is 7.20. The van der Waals surface area contributed by atoms with E-state index in [0.717, 1.165) is 31.0 Å². The fourth-order valence-corrected chi connectivity index (χ4v) is 2.77. The highest BCUT2D eigenvalue weighted by Crippen LogP contribution is 2.27. The molecule has 0 atom stereocenters. The van der Waals surface area contributed by atoms with E-state index < -0.39 is 0 Å². The lowest BCUT2D eigenvalue weighted by Crippen LogP contribution is -2.16. The van der Waals surface area contributed by atoms with Crippen LogP contribution in [0.15, 0.2) is 48.7 Å². The van der Waals surface area contributed by atoms with Crippen LogP contribution in [0.5, 0.6) is 11.5 Å². The Kier molecular flexibility index (Phi) is 4.83. The molecular weight excluding hydrogens is 288 g/mol. The number of benzene rings is 2. The maximum Gasteiger partial charge on any atom is 0.160 e. The quantitative estimate of drug-likeness (QED) is 0.656. The van der Waals surface area contributed by atoms with Gasteiger partial charge in [0.1, 0.15) is 0 Å². The van der Waals surface area contributed by atoms with Crippen molar-refractivity contribution < 1.29 is 9.47 Å². The molecule has 0 aliphatic heterocycles. The maximum atomic E-state index is 5.34. The summed E-state index contributed by atoms with van der Waals surface area (Å²) in [5, 5.41) is 4.79. The fraction of sp³-hybridized carbons (Fsp3) is 0.263. The molecule has 0 aliphatic carbocycles. The van der Waals surface area contributed by atoms with Gasteiger partial charge >= 0.3 is 0 Å². The molecule has 23 heavy (non-hydrogen) atoms. The Morgan fingerprint density at radius 1 is 1.00 bits per heavy atom. The number of aromatic amines is 1. The van der Waals surface area contributed by atoms with Crippen molar-refractivity contribution in [1.82, 2.24) is 10.3 Å². The van der Waals surface area contributed by atoms with E-state index in [-0.39, 0.29) is 0 Å². The van der Waals surface area contributed by atoms with E-state index in [9.17, 15) is 0 Å². The Labute approximate surface area is 136 Å². The molecule has 0 unspecified atom stereocenters. The van der Waals surface area contributed by atoms with Crippen molar-refractivity contribution in [2.24, 2.45) is 0 Å². The number of nitrogens with one attached hydrogen (secondary N) is 2. The van der Waals surface area contributed by atoms with Crippen LogP contribution in [-0.4, -0.2) is 25.7 Å². The van der Waals surface area contributed by atoms with Crippen molar-refractivity contribution in [3.8, 4) is 11.5 Å². The summed E-state index contributed by atoms with van der Waals surface area (Å²) in [5.41, 5.74) is 3.71. The first-order valence-electron chi connectivity index (χ1n) is 7.78. The Bertz CT molecular complexity index is 780. The third kappa shape index (κ3) is 3.48. The molecular formula is C19H22N2O2. The molecule has 0 saturated carbocycles. The Balaban J connectivity index is 1.55. The molecule has 0 spiro atoms. The molecule has 0 fully saturated rings. The van der Waals surface area contributed by atoms with Gasteiger partial charge in [0.2, 0.25) is 0 Å². The normalized spacial score (nSPS) is 10.9. The van der Waals surface area contributed by atoms with E-state index in [4.69, 9.17) is 9.47 Å².